The highest BCUT2D eigenvalue weighted by Crippen LogP contribution is 2.20. The van der Waals surface area contributed by atoms with Gasteiger partial charge in [0, 0.05) is 18.0 Å². The lowest BCUT2D eigenvalue weighted by Gasteiger charge is -2.07. The van der Waals surface area contributed by atoms with Gasteiger partial charge in [-0.05, 0) is 55.7 Å². The van der Waals surface area contributed by atoms with E-state index < -0.39 is 5.97 Å². The summed E-state index contributed by atoms with van der Waals surface area (Å²) in [6.07, 6.45) is 4.11. The smallest absolute Gasteiger partial charge is 0.339 e. The van der Waals surface area contributed by atoms with Gasteiger partial charge in [-0.15, -0.1) is 0 Å². The molecule has 1 aromatic heterocycles. The summed E-state index contributed by atoms with van der Waals surface area (Å²) >= 11 is 0. The van der Waals surface area contributed by atoms with Gasteiger partial charge in [-0.3, -0.25) is 9.78 Å². The zero-order valence-electron chi connectivity index (χ0n) is 12.3. The number of Topliss-reactive ketones (excluding diaryl/α,β-unsaturated/α-hetero) is 1. The van der Waals surface area contributed by atoms with E-state index in [4.69, 9.17) is 4.74 Å². The van der Waals surface area contributed by atoms with Crippen molar-refractivity contribution in [1.29, 1.82) is 0 Å². The summed E-state index contributed by atoms with van der Waals surface area (Å²) in [5.41, 5.74) is 1.63. The average molecular weight is 299 g/mol. The number of ketones is 1. The number of rotatable bonds is 6. The van der Waals surface area contributed by atoms with Gasteiger partial charge in [-0.2, -0.15) is 0 Å². The van der Waals surface area contributed by atoms with Crippen LogP contribution in [0.25, 0.3) is 0 Å². The summed E-state index contributed by atoms with van der Waals surface area (Å²) in [5.74, 6) is -0.331. The second-order valence-electron chi connectivity index (χ2n) is 4.88. The van der Waals surface area contributed by atoms with Crippen molar-refractivity contribution in [2.24, 2.45) is 0 Å². The zero-order valence-corrected chi connectivity index (χ0v) is 12.3. The number of aryl methyl sites for hydroxylation is 1. The summed E-state index contributed by atoms with van der Waals surface area (Å²) < 4.78 is 5.14. The molecular formula is C17H17NO4. The maximum atomic E-state index is 11.7. The Balaban J connectivity index is 1.85. The largest absolute Gasteiger partial charge is 0.508 e. The van der Waals surface area contributed by atoms with Gasteiger partial charge < -0.3 is 9.84 Å². The molecule has 0 atom stereocenters. The van der Waals surface area contributed by atoms with E-state index in [2.05, 4.69) is 4.98 Å². The van der Waals surface area contributed by atoms with Gasteiger partial charge in [-0.1, -0.05) is 0 Å². The van der Waals surface area contributed by atoms with Gasteiger partial charge in [0.05, 0.1) is 12.2 Å². The number of phenolic OH excluding ortho intramolecular Hbond substituents is 1. The number of carbonyl (C=O) groups excluding carboxylic acids is 2. The first kappa shape index (κ1) is 15.7. The van der Waals surface area contributed by atoms with Crippen LogP contribution in [0.4, 0.5) is 0 Å². The average Bonchev–Trinajstić information content (AvgIpc) is 2.53. The van der Waals surface area contributed by atoms with Crippen molar-refractivity contribution in [1.82, 2.24) is 4.98 Å². The Bertz CT molecular complexity index is 668. The molecule has 0 unspecified atom stereocenters. The molecule has 1 heterocycles. The van der Waals surface area contributed by atoms with Gasteiger partial charge in [0.25, 0.3) is 0 Å². The predicted molar refractivity (Wildman–Crippen MR) is 81.0 cm³/mol. The molecule has 5 nitrogen and oxygen atoms in total. The SMILES string of the molecule is CC(=O)c1ccc(O)c(CCCOC(=O)c2cccnc2)c1. The molecule has 0 spiro atoms. The first-order chi connectivity index (χ1) is 10.6. The Labute approximate surface area is 128 Å². The quantitative estimate of drug-likeness (QED) is 0.504. The third-order valence-electron chi connectivity index (χ3n) is 3.21. The lowest BCUT2D eigenvalue weighted by atomic mass is 10.0. The number of hydrogen-bond donors (Lipinski definition) is 1. The summed E-state index contributed by atoms with van der Waals surface area (Å²) in [6.45, 7) is 1.71. The molecule has 2 rings (SSSR count). The van der Waals surface area contributed by atoms with Crippen molar-refractivity contribution in [3.8, 4) is 5.75 Å². The fraction of sp³-hybridized carbons (Fsp3) is 0.235. The minimum atomic E-state index is -0.421. The molecule has 0 saturated heterocycles. The highest BCUT2D eigenvalue weighted by Gasteiger charge is 2.08. The molecule has 0 bridgehead atoms. The Morgan fingerprint density at radius 1 is 1.23 bits per heavy atom. The molecule has 0 amide bonds. The molecule has 0 aliphatic heterocycles. The van der Waals surface area contributed by atoms with E-state index in [1.165, 1.54) is 19.2 Å². The molecule has 0 fully saturated rings. The van der Waals surface area contributed by atoms with Crippen LogP contribution in [0.3, 0.4) is 0 Å². The standard InChI is InChI=1S/C17H17NO4/c1-12(19)13-6-7-16(20)14(10-13)5-3-9-22-17(21)15-4-2-8-18-11-15/h2,4,6-8,10-11,20H,3,5,9H2,1H3. The van der Waals surface area contributed by atoms with Gasteiger partial charge in [0.1, 0.15) is 5.75 Å². The first-order valence-electron chi connectivity index (χ1n) is 6.98. The number of pyridine rings is 1. The third kappa shape index (κ3) is 4.15. The number of hydrogen-bond acceptors (Lipinski definition) is 5. The third-order valence-corrected chi connectivity index (χ3v) is 3.21. The number of aromatic hydroxyl groups is 1. The minimum absolute atomic E-state index is 0.0516. The monoisotopic (exact) mass is 299 g/mol. The number of carbonyl (C=O) groups is 2. The topological polar surface area (TPSA) is 76.5 Å². The van der Waals surface area contributed by atoms with Crippen LogP contribution < -0.4 is 0 Å². The van der Waals surface area contributed by atoms with Crippen molar-refractivity contribution in [3.05, 3.63) is 59.4 Å². The normalized spacial score (nSPS) is 10.2. The summed E-state index contributed by atoms with van der Waals surface area (Å²) in [4.78, 5) is 26.9. The number of benzene rings is 1. The molecule has 1 aromatic carbocycles. The molecular weight excluding hydrogens is 282 g/mol. The second kappa shape index (κ2) is 7.36. The highest BCUT2D eigenvalue weighted by atomic mass is 16.5. The van der Waals surface area contributed by atoms with Gasteiger partial charge in [0.15, 0.2) is 5.78 Å². The van der Waals surface area contributed by atoms with Gasteiger partial charge in [0.2, 0.25) is 0 Å². The van der Waals surface area contributed by atoms with Crippen LogP contribution in [0.15, 0.2) is 42.7 Å². The second-order valence-corrected chi connectivity index (χ2v) is 4.88. The summed E-state index contributed by atoms with van der Waals surface area (Å²) in [7, 11) is 0. The lowest BCUT2D eigenvalue weighted by molar-refractivity contribution is 0.0500. The molecule has 1 N–H and O–H groups in total. The fourth-order valence-corrected chi connectivity index (χ4v) is 2.00. The Hall–Kier alpha value is -2.69. The molecule has 0 radical (unpaired) electrons. The van der Waals surface area contributed by atoms with E-state index in [0.717, 1.165) is 0 Å². The van der Waals surface area contributed by atoms with E-state index in [9.17, 15) is 14.7 Å². The van der Waals surface area contributed by atoms with E-state index in [1.807, 2.05) is 0 Å². The van der Waals surface area contributed by atoms with E-state index in [-0.39, 0.29) is 18.1 Å². The maximum Gasteiger partial charge on any atom is 0.339 e. The minimum Gasteiger partial charge on any atom is -0.508 e. The van der Waals surface area contributed by atoms with Crippen molar-refractivity contribution in [2.75, 3.05) is 6.61 Å². The lowest BCUT2D eigenvalue weighted by Crippen LogP contribution is -2.07. The zero-order chi connectivity index (χ0) is 15.9. The number of aromatic nitrogens is 1. The molecule has 5 heteroatoms. The van der Waals surface area contributed by atoms with Crippen LogP contribution in [0.5, 0.6) is 5.75 Å². The van der Waals surface area contributed by atoms with Crippen molar-refractivity contribution in [2.45, 2.75) is 19.8 Å². The van der Waals surface area contributed by atoms with Crippen LogP contribution in [-0.4, -0.2) is 28.4 Å². The molecule has 114 valence electrons. The summed E-state index contributed by atoms with van der Waals surface area (Å²) in [5, 5.41) is 9.78. The van der Waals surface area contributed by atoms with Crippen molar-refractivity contribution in [3.63, 3.8) is 0 Å². The van der Waals surface area contributed by atoms with Crippen LogP contribution in [0.1, 0.15) is 39.6 Å². The van der Waals surface area contributed by atoms with E-state index in [0.29, 0.717) is 29.5 Å². The Kier molecular flexibility index (Phi) is 5.25. The fourth-order valence-electron chi connectivity index (χ4n) is 2.00. The van der Waals surface area contributed by atoms with Crippen LogP contribution in [0.2, 0.25) is 0 Å². The van der Waals surface area contributed by atoms with Crippen LogP contribution in [0, 0.1) is 0 Å². The number of esters is 1. The van der Waals surface area contributed by atoms with Crippen LogP contribution >= 0.6 is 0 Å². The van der Waals surface area contributed by atoms with Crippen molar-refractivity contribution >= 4 is 11.8 Å². The molecule has 0 aliphatic rings. The van der Waals surface area contributed by atoms with Gasteiger partial charge >= 0.3 is 5.97 Å². The van der Waals surface area contributed by atoms with E-state index in [1.54, 1.807) is 30.5 Å². The number of ether oxygens (including phenoxy) is 1. The Morgan fingerprint density at radius 2 is 2.05 bits per heavy atom. The van der Waals surface area contributed by atoms with Crippen LogP contribution in [-0.2, 0) is 11.2 Å². The number of nitrogens with zero attached hydrogens (tertiary/aromatic N) is 1. The van der Waals surface area contributed by atoms with Crippen molar-refractivity contribution < 1.29 is 19.4 Å². The highest BCUT2D eigenvalue weighted by molar-refractivity contribution is 5.94. The Morgan fingerprint density at radius 3 is 2.73 bits per heavy atom. The molecule has 2 aromatic rings. The predicted octanol–water partition coefficient (Wildman–Crippen LogP) is 2.78. The molecule has 22 heavy (non-hydrogen) atoms. The first-order valence-corrected chi connectivity index (χ1v) is 6.98. The molecule has 0 saturated carbocycles. The summed E-state index contributed by atoms with van der Waals surface area (Å²) in [6, 6.07) is 8.07. The molecule has 0 aliphatic carbocycles. The van der Waals surface area contributed by atoms with Gasteiger partial charge in [-0.25, -0.2) is 4.79 Å². The maximum absolute atomic E-state index is 11.7. The number of phenols is 1. The van der Waals surface area contributed by atoms with E-state index >= 15 is 0 Å².